The zero-order chi connectivity index (χ0) is 16.8. The lowest BCUT2D eigenvalue weighted by Gasteiger charge is -2.15. The van der Waals surface area contributed by atoms with Crippen LogP contribution in [0.25, 0.3) is 11.5 Å². The van der Waals surface area contributed by atoms with Crippen LogP contribution in [0.15, 0.2) is 33.9 Å². The minimum Gasteiger partial charge on any atom is -0.411 e. The molecule has 0 radical (unpaired) electrons. The molecule has 1 saturated carbocycles. The molecule has 1 aromatic carbocycles. The van der Waals surface area contributed by atoms with Gasteiger partial charge in [-0.1, -0.05) is 55.6 Å². The first kappa shape index (κ1) is 17.0. The van der Waals surface area contributed by atoms with Crippen molar-refractivity contribution in [2.24, 2.45) is 0 Å². The molecule has 0 bridgehead atoms. The second-order valence-corrected chi connectivity index (χ2v) is 7.16. The number of aromatic nitrogens is 2. The molecule has 1 amide bonds. The molecule has 1 fully saturated rings. The predicted octanol–water partition coefficient (Wildman–Crippen LogP) is 3.98. The smallest absolute Gasteiger partial charge is 0.277 e. The van der Waals surface area contributed by atoms with E-state index in [0.717, 1.165) is 24.0 Å². The maximum absolute atomic E-state index is 12.1. The third-order valence-corrected chi connectivity index (χ3v) is 5.15. The number of carbonyl (C=O) groups is 1. The van der Waals surface area contributed by atoms with E-state index in [2.05, 4.69) is 15.5 Å². The summed E-state index contributed by atoms with van der Waals surface area (Å²) >= 11 is 1.29. The number of nitrogens with one attached hydrogen (secondary N) is 1. The van der Waals surface area contributed by atoms with E-state index in [1.807, 2.05) is 31.2 Å². The van der Waals surface area contributed by atoms with Crippen molar-refractivity contribution in [3.8, 4) is 11.5 Å². The molecular formula is C18H23N3O2S. The molecule has 3 rings (SSSR count). The molecule has 1 aliphatic carbocycles. The summed E-state index contributed by atoms with van der Waals surface area (Å²) in [6, 6.07) is 8.20. The lowest BCUT2D eigenvalue weighted by molar-refractivity contribution is -0.119. The first-order chi connectivity index (χ1) is 11.7. The van der Waals surface area contributed by atoms with Crippen LogP contribution < -0.4 is 5.32 Å². The highest BCUT2D eigenvalue weighted by atomic mass is 32.2. The normalized spacial score (nSPS) is 15.9. The zero-order valence-corrected chi connectivity index (χ0v) is 14.8. The van der Waals surface area contributed by atoms with Crippen LogP contribution in [0.3, 0.4) is 0 Å². The number of rotatable bonds is 5. The molecule has 0 aliphatic heterocycles. The van der Waals surface area contributed by atoms with E-state index in [1.54, 1.807) is 0 Å². The van der Waals surface area contributed by atoms with Crippen molar-refractivity contribution in [2.75, 3.05) is 5.75 Å². The molecule has 128 valence electrons. The second kappa shape index (κ2) is 8.33. The number of carbonyl (C=O) groups excluding carboxylic acids is 1. The number of aryl methyl sites for hydroxylation is 1. The van der Waals surface area contributed by atoms with Gasteiger partial charge in [-0.2, -0.15) is 0 Å². The van der Waals surface area contributed by atoms with Crippen LogP contribution in [0.2, 0.25) is 0 Å². The lowest BCUT2D eigenvalue weighted by Crippen LogP contribution is -2.35. The average molecular weight is 345 g/mol. The molecule has 5 nitrogen and oxygen atoms in total. The van der Waals surface area contributed by atoms with E-state index in [-0.39, 0.29) is 5.91 Å². The van der Waals surface area contributed by atoms with Gasteiger partial charge in [-0.25, -0.2) is 0 Å². The first-order valence-corrected chi connectivity index (χ1v) is 9.52. The zero-order valence-electron chi connectivity index (χ0n) is 14.0. The third-order valence-electron chi connectivity index (χ3n) is 4.33. The van der Waals surface area contributed by atoms with Gasteiger partial charge in [-0.3, -0.25) is 4.79 Å². The maximum Gasteiger partial charge on any atom is 0.277 e. The molecule has 1 aliphatic rings. The Hall–Kier alpha value is -1.82. The summed E-state index contributed by atoms with van der Waals surface area (Å²) in [7, 11) is 0. The van der Waals surface area contributed by atoms with Gasteiger partial charge in [0, 0.05) is 11.6 Å². The van der Waals surface area contributed by atoms with Crippen LogP contribution in [0.1, 0.15) is 44.1 Å². The van der Waals surface area contributed by atoms with Crippen LogP contribution in [0.4, 0.5) is 0 Å². The fourth-order valence-corrected chi connectivity index (χ4v) is 3.58. The Morgan fingerprint density at radius 1 is 1.21 bits per heavy atom. The molecule has 2 aromatic rings. The number of thioether (sulfide) groups is 1. The Balaban J connectivity index is 1.52. The van der Waals surface area contributed by atoms with Crippen molar-refractivity contribution in [1.82, 2.24) is 15.5 Å². The Morgan fingerprint density at radius 2 is 1.96 bits per heavy atom. The average Bonchev–Trinajstić information content (AvgIpc) is 2.90. The highest BCUT2D eigenvalue weighted by Crippen LogP contribution is 2.25. The molecule has 1 heterocycles. The van der Waals surface area contributed by atoms with Gasteiger partial charge in [0.2, 0.25) is 11.8 Å². The van der Waals surface area contributed by atoms with Gasteiger partial charge in [0.1, 0.15) is 0 Å². The number of benzene rings is 1. The first-order valence-electron chi connectivity index (χ1n) is 8.54. The fraction of sp³-hybridized carbons (Fsp3) is 0.500. The topological polar surface area (TPSA) is 68.0 Å². The third kappa shape index (κ3) is 4.60. The molecule has 0 atom stereocenters. The fourth-order valence-electron chi connectivity index (χ4n) is 3.01. The van der Waals surface area contributed by atoms with E-state index in [4.69, 9.17) is 4.42 Å². The number of amides is 1. The summed E-state index contributed by atoms with van der Waals surface area (Å²) in [6.45, 7) is 2.01. The minimum absolute atomic E-state index is 0.0440. The van der Waals surface area contributed by atoms with Gasteiger partial charge >= 0.3 is 0 Å². The molecule has 6 heteroatoms. The van der Waals surface area contributed by atoms with Crippen molar-refractivity contribution in [3.63, 3.8) is 0 Å². The molecular weight excluding hydrogens is 322 g/mol. The van der Waals surface area contributed by atoms with E-state index >= 15 is 0 Å². The Morgan fingerprint density at radius 3 is 2.71 bits per heavy atom. The quantitative estimate of drug-likeness (QED) is 0.656. The van der Waals surface area contributed by atoms with Gasteiger partial charge in [-0.15, -0.1) is 10.2 Å². The largest absolute Gasteiger partial charge is 0.411 e. The highest BCUT2D eigenvalue weighted by molar-refractivity contribution is 7.99. The number of hydrogen-bond donors (Lipinski definition) is 1. The van der Waals surface area contributed by atoms with Crippen LogP contribution in [0, 0.1) is 6.92 Å². The summed E-state index contributed by atoms with van der Waals surface area (Å²) in [5.74, 6) is 0.855. The molecule has 0 spiro atoms. The summed E-state index contributed by atoms with van der Waals surface area (Å²) in [5, 5.41) is 11.7. The van der Waals surface area contributed by atoms with Gasteiger partial charge in [0.25, 0.3) is 5.22 Å². The van der Waals surface area contributed by atoms with Crippen molar-refractivity contribution < 1.29 is 9.21 Å². The SMILES string of the molecule is Cc1ccccc1-c1nnc(SCC(=O)NC2CCCCCC2)o1. The Kier molecular flexibility index (Phi) is 5.91. The molecule has 24 heavy (non-hydrogen) atoms. The van der Waals surface area contributed by atoms with Gasteiger partial charge in [-0.05, 0) is 31.4 Å². The summed E-state index contributed by atoms with van der Waals surface area (Å²) in [4.78, 5) is 12.1. The van der Waals surface area contributed by atoms with Crippen LogP contribution in [-0.2, 0) is 4.79 Å². The van der Waals surface area contributed by atoms with Crippen LogP contribution in [0.5, 0.6) is 0 Å². The van der Waals surface area contributed by atoms with E-state index in [1.165, 1.54) is 37.4 Å². The Bertz CT molecular complexity index is 678. The van der Waals surface area contributed by atoms with E-state index in [9.17, 15) is 4.79 Å². The van der Waals surface area contributed by atoms with Gasteiger partial charge < -0.3 is 9.73 Å². The van der Waals surface area contributed by atoms with E-state index < -0.39 is 0 Å². The highest BCUT2D eigenvalue weighted by Gasteiger charge is 2.16. The predicted molar refractivity (Wildman–Crippen MR) is 94.8 cm³/mol. The van der Waals surface area contributed by atoms with Crippen LogP contribution >= 0.6 is 11.8 Å². The molecule has 1 N–H and O–H groups in total. The second-order valence-electron chi connectivity index (χ2n) is 6.23. The maximum atomic E-state index is 12.1. The molecule has 0 saturated heterocycles. The van der Waals surface area contributed by atoms with Crippen molar-refractivity contribution >= 4 is 17.7 Å². The number of nitrogens with zero attached hydrogens (tertiary/aromatic N) is 2. The summed E-state index contributed by atoms with van der Waals surface area (Å²) in [5.41, 5.74) is 2.02. The van der Waals surface area contributed by atoms with Crippen LogP contribution in [-0.4, -0.2) is 27.9 Å². The standard InChI is InChI=1S/C18H23N3O2S/c1-13-8-6-7-11-15(13)17-20-21-18(23-17)24-12-16(22)19-14-9-4-2-3-5-10-14/h6-8,11,14H,2-5,9-10,12H2,1H3,(H,19,22). The van der Waals surface area contributed by atoms with Crippen molar-refractivity contribution in [1.29, 1.82) is 0 Å². The van der Waals surface area contributed by atoms with Gasteiger partial charge in [0.15, 0.2) is 0 Å². The summed E-state index contributed by atoms with van der Waals surface area (Å²) < 4.78 is 5.67. The lowest BCUT2D eigenvalue weighted by atomic mass is 10.1. The molecule has 0 unspecified atom stereocenters. The number of hydrogen-bond acceptors (Lipinski definition) is 5. The van der Waals surface area contributed by atoms with Gasteiger partial charge in [0.05, 0.1) is 5.75 Å². The monoisotopic (exact) mass is 345 g/mol. The van der Waals surface area contributed by atoms with E-state index in [0.29, 0.717) is 22.9 Å². The molecule has 1 aromatic heterocycles. The van der Waals surface area contributed by atoms with Crippen molar-refractivity contribution in [2.45, 2.75) is 56.7 Å². The van der Waals surface area contributed by atoms with Crippen molar-refractivity contribution in [3.05, 3.63) is 29.8 Å². The minimum atomic E-state index is 0.0440. The summed E-state index contributed by atoms with van der Waals surface area (Å²) in [6.07, 6.45) is 7.17. The Labute approximate surface area is 146 Å².